The molecule has 30 heavy (non-hydrogen) atoms. The zero-order valence-corrected chi connectivity index (χ0v) is 17.6. The van der Waals surface area contributed by atoms with Crippen LogP contribution in [-0.2, 0) is 16.6 Å². The lowest BCUT2D eigenvalue weighted by Crippen LogP contribution is -2.24. The molecular weight excluding hydrogens is 408 g/mol. The molecule has 0 saturated heterocycles. The summed E-state index contributed by atoms with van der Waals surface area (Å²) < 4.78 is 38.5. The first-order chi connectivity index (χ1) is 14.4. The summed E-state index contributed by atoms with van der Waals surface area (Å²) in [6, 6.07) is 13.4. The smallest absolute Gasteiger partial charge is 0.251 e. The molecule has 3 aromatic rings. The third-order valence-corrected chi connectivity index (χ3v) is 5.83. The minimum Gasteiger partial charge on any atom is -0.497 e. The van der Waals surface area contributed by atoms with Crippen LogP contribution >= 0.6 is 0 Å². The molecule has 1 aromatic heterocycles. The number of carbonyl (C=O) groups is 1. The van der Waals surface area contributed by atoms with Crippen molar-refractivity contribution in [2.45, 2.75) is 11.4 Å². The molecule has 3 rings (SSSR count). The number of amides is 1. The highest BCUT2D eigenvalue weighted by atomic mass is 32.2. The van der Waals surface area contributed by atoms with Gasteiger partial charge in [-0.1, -0.05) is 0 Å². The van der Waals surface area contributed by atoms with Crippen molar-refractivity contribution >= 4 is 15.9 Å². The lowest BCUT2D eigenvalue weighted by molar-refractivity contribution is 0.0950. The summed E-state index contributed by atoms with van der Waals surface area (Å²) in [5.41, 5.74) is 1.69. The van der Waals surface area contributed by atoms with Crippen LogP contribution in [0.15, 0.2) is 59.6 Å². The van der Waals surface area contributed by atoms with Crippen LogP contribution in [0.1, 0.15) is 16.1 Å². The summed E-state index contributed by atoms with van der Waals surface area (Å²) in [5, 5.41) is 7.18. The molecule has 0 aliphatic heterocycles. The number of carbonyl (C=O) groups excluding carboxylic acids is 1. The number of hydrogen-bond donors (Lipinski definition) is 2. The largest absolute Gasteiger partial charge is 0.497 e. The Balaban J connectivity index is 1.71. The summed E-state index contributed by atoms with van der Waals surface area (Å²) in [7, 11) is 0.481. The maximum Gasteiger partial charge on any atom is 0.251 e. The van der Waals surface area contributed by atoms with Crippen LogP contribution in [0.5, 0.6) is 11.5 Å². The van der Waals surface area contributed by atoms with Gasteiger partial charge in [-0.25, -0.2) is 17.8 Å². The Labute approximate surface area is 174 Å². The van der Waals surface area contributed by atoms with Crippen molar-refractivity contribution in [3.8, 4) is 17.2 Å². The van der Waals surface area contributed by atoms with Crippen LogP contribution in [0.4, 0.5) is 0 Å². The predicted octanol–water partition coefficient (Wildman–Crippen LogP) is 1.73. The van der Waals surface area contributed by atoms with Crippen LogP contribution in [0.2, 0.25) is 0 Å². The van der Waals surface area contributed by atoms with Gasteiger partial charge in [0.1, 0.15) is 16.4 Å². The summed E-state index contributed by atoms with van der Waals surface area (Å²) in [4.78, 5) is 12.4. The van der Waals surface area contributed by atoms with Crippen LogP contribution in [0.25, 0.3) is 5.69 Å². The molecule has 0 unspecified atom stereocenters. The van der Waals surface area contributed by atoms with Crippen LogP contribution in [0.3, 0.4) is 0 Å². The number of aromatic nitrogens is 2. The molecule has 0 bridgehead atoms. The number of nitrogens with zero attached hydrogens (tertiary/aromatic N) is 2. The van der Waals surface area contributed by atoms with Crippen molar-refractivity contribution in [3.63, 3.8) is 0 Å². The number of methoxy groups -OCH3 is 2. The molecule has 10 heteroatoms. The maximum absolute atomic E-state index is 12.5. The molecule has 9 nitrogen and oxygen atoms in total. The fourth-order valence-electron chi connectivity index (χ4n) is 2.75. The van der Waals surface area contributed by atoms with Gasteiger partial charge in [-0.05, 0) is 55.6 Å². The van der Waals surface area contributed by atoms with E-state index in [-0.39, 0.29) is 22.8 Å². The Morgan fingerprint density at radius 1 is 1.07 bits per heavy atom. The van der Waals surface area contributed by atoms with E-state index in [0.29, 0.717) is 5.69 Å². The van der Waals surface area contributed by atoms with Gasteiger partial charge >= 0.3 is 0 Å². The van der Waals surface area contributed by atoms with Crippen molar-refractivity contribution in [2.75, 3.05) is 21.3 Å². The normalized spacial score (nSPS) is 11.2. The Morgan fingerprint density at radius 2 is 1.80 bits per heavy atom. The molecule has 0 radical (unpaired) electrons. The van der Waals surface area contributed by atoms with E-state index in [2.05, 4.69) is 15.1 Å². The van der Waals surface area contributed by atoms with Crippen molar-refractivity contribution < 1.29 is 22.7 Å². The van der Waals surface area contributed by atoms with Crippen LogP contribution in [0, 0.1) is 0 Å². The van der Waals surface area contributed by atoms with E-state index in [1.54, 1.807) is 24.1 Å². The van der Waals surface area contributed by atoms with Crippen LogP contribution in [-0.4, -0.2) is 45.4 Å². The zero-order valence-electron chi connectivity index (χ0n) is 16.7. The number of hydrogen-bond acceptors (Lipinski definition) is 6. The van der Waals surface area contributed by atoms with Gasteiger partial charge in [0, 0.05) is 11.8 Å². The van der Waals surface area contributed by atoms with E-state index in [0.717, 1.165) is 11.4 Å². The topological polar surface area (TPSA) is 112 Å². The lowest BCUT2D eigenvalue weighted by atomic mass is 10.2. The summed E-state index contributed by atoms with van der Waals surface area (Å²) in [5.74, 6) is 0.473. The molecule has 2 N–H and O–H groups in total. The quantitative estimate of drug-likeness (QED) is 0.563. The van der Waals surface area contributed by atoms with E-state index in [1.165, 1.54) is 32.4 Å². The number of nitrogens with one attached hydrogen (secondary N) is 2. The molecule has 1 amide bonds. The molecular formula is C20H22N4O5S. The molecule has 0 atom stereocenters. The van der Waals surface area contributed by atoms with Crippen molar-refractivity contribution in [2.24, 2.45) is 0 Å². The van der Waals surface area contributed by atoms with E-state index < -0.39 is 15.9 Å². The second kappa shape index (κ2) is 8.97. The highest BCUT2D eigenvalue weighted by Crippen LogP contribution is 2.24. The van der Waals surface area contributed by atoms with Gasteiger partial charge in [0.05, 0.1) is 32.1 Å². The molecule has 2 aromatic carbocycles. The fourth-order valence-corrected chi connectivity index (χ4v) is 3.66. The number of benzene rings is 2. The minimum atomic E-state index is -3.78. The highest BCUT2D eigenvalue weighted by Gasteiger charge is 2.20. The van der Waals surface area contributed by atoms with Crippen LogP contribution < -0.4 is 19.5 Å². The van der Waals surface area contributed by atoms with Crippen molar-refractivity contribution in [1.82, 2.24) is 19.8 Å². The van der Waals surface area contributed by atoms with Gasteiger partial charge in [0.15, 0.2) is 0 Å². The Hall–Kier alpha value is -3.37. The van der Waals surface area contributed by atoms with Gasteiger partial charge in [-0.2, -0.15) is 5.10 Å². The molecule has 0 spiro atoms. The van der Waals surface area contributed by atoms with E-state index >= 15 is 0 Å². The summed E-state index contributed by atoms with van der Waals surface area (Å²) >= 11 is 0. The fraction of sp³-hybridized carbons (Fsp3) is 0.200. The average molecular weight is 430 g/mol. The predicted molar refractivity (Wildman–Crippen MR) is 111 cm³/mol. The zero-order chi connectivity index (χ0) is 21.7. The second-order valence-corrected chi connectivity index (χ2v) is 8.06. The molecule has 0 aliphatic rings. The van der Waals surface area contributed by atoms with E-state index in [9.17, 15) is 13.2 Å². The van der Waals surface area contributed by atoms with E-state index in [4.69, 9.17) is 9.47 Å². The standard InChI is InChI=1S/C20H22N4O5S/c1-21-30(26,27)19-12-14(4-9-18(19)29-3)20(25)22-13-15-10-11-24(23-15)16-5-7-17(28-2)8-6-16/h4-12,21H,13H2,1-3H3,(H,22,25). The number of sulfonamides is 1. The number of rotatable bonds is 8. The van der Waals surface area contributed by atoms with Gasteiger partial charge in [-0.3, -0.25) is 4.79 Å². The van der Waals surface area contributed by atoms with Crippen molar-refractivity contribution in [1.29, 1.82) is 0 Å². The first-order valence-corrected chi connectivity index (χ1v) is 10.4. The van der Waals surface area contributed by atoms with E-state index in [1.807, 2.05) is 24.3 Å². The molecule has 0 saturated carbocycles. The average Bonchev–Trinajstić information content (AvgIpc) is 3.26. The minimum absolute atomic E-state index is 0.107. The third kappa shape index (κ3) is 4.61. The first kappa shape index (κ1) is 21.3. The second-order valence-electron chi connectivity index (χ2n) is 6.21. The Kier molecular flexibility index (Phi) is 6.38. The third-order valence-electron chi connectivity index (χ3n) is 4.40. The summed E-state index contributed by atoms with van der Waals surface area (Å²) in [6.07, 6.45) is 1.79. The SMILES string of the molecule is CNS(=O)(=O)c1cc(C(=O)NCc2ccn(-c3ccc(OC)cc3)n2)ccc1OC. The van der Waals surface area contributed by atoms with Gasteiger partial charge in [0.2, 0.25) is 10.0 Å². The highest BCUT2D eigenvalue weighted by molar-refractivity contribution is 7.89. The summed E-state index contributed by atoms with van der Waals surface area (Å²) in [6.45, 7) is 0.183. The lowest BCUT2D eigenvalue weighted by Gasteiger charge is -2.11. The Morgan fingerprint density at radius 3 is 2.43 bits per heavy atom. The van der Waals surface area contributed by atoms with Gasteiger partial charge in [-0.15, -0.1) is 0 Å². The van der Waals surface area contributed by atoms with Gasteiger partial charge < -0.3 is 14.8 Å². The molecule has 0 fully saturated rings. The van der Waals surface area contributed by atoms with Gasteiger partial charge in [0.25, 0.3) is 5.91 Å². The molecule has 158 valence electrons. The van der Waals surface area contributed by atoms with Crippen molar-refractivity contribution in [3.05, 3.63) is 66.0 Å². The molecule has 1 heterocycles. The number of ether oxygens (including phenoxy) is 2. The monoisotopic (exact) mass is 430 g/mol. The Bertz CT molecular complexity index is 1140. The maximum atomic E-state index is 12.5. The molecule has 0 aliphatic carbocycles. The first-order valence-electron chi connectivity index (χ1n) is 8.96.